The number of likely N-dealkylation sites (N-methyl/N-ethyl adjacent to an activating group) is 1. The topological polar surface area (TPSA) is 70.2 Å². The first-order chi connectivity index (χ1) is 11.8. The van der Waals surface area contributed by atoms with Crippen molar-refractivity contribution in [2.24, 2.45) is 0 Å². The highest BCUT2D eigenvalue weighted by Crippen LogP contribution is 2.23. The first-order valence-corrected chi connectivity index (χ1v) is 8.26. The van der Waals surface area contributed by atoms with Gasteiger partial charge in [0.05, 0.1) is 6.42 Å². The van der Waals surface area contributed by atoms with Gasteiger partial charge in [0.25, 0.3) is 0 Å². The number of hydrogen-bond acceptors (Lipinski definition) is 2. The normalized spacial score (nSPS) is 10.9. The Morgan fingerprint density at radius 1 is 0.840 bits per heavy atom. The largest absolute Gasteiger partial charge is 0.359 e. The van der Waals surface area contributed by atoms with E-state index in [9.17, 15) is 9.59 Å². The zero-order valence-corrected chi connectivity index (χ0v) is 15.1. The van der Waals surface area contributed by atoms with E-state index in [2.05, 4.69) is 36.7 Å². The van der Waals surface area contributed by atoms with E-state index in [1.54, 1.807) is 19.2 Å². The lowest BCUT2D eigenvalue weighted by molar-refractivity contribution is -0.119. The minimum Gasteiger partial charge on any atom is -0.359 e. The van der Waals surface area contributed by atoms with Gasteiger partial charge in [0.1, 0.15) is 0 Å². The fraction of sp³-hybridized carbons (Fsp3) is 0.300. The molecule has 0 aliphatic heterocycles. The number of hydrogen-bond donors (Lipinski definition) is 3. The second-order valence-electron chi connectivity index (χ2n) is 6.95. The van der Waals surface area contributed by atoms with Gasteiger partial charge in [-0.05, 0) is 40.8 Å². The zero-order valence-electron chi connectivity index (χ0n) is 15.1. The third-order valence-corrected chi connectivity index (χ3v) is 3.86. The molecule has 0 aromatic heterocycles. The minimum absolute atomic E-state index is 0.0443. The van der Waals surface area contributed by atoms with Crippen molar-refractivity contribution in [2.75, 3.05) is 17.7 Å². The number of amides is 3. The molecule has 0 aliphatic rings. The summed E-state index contributed by atoms with van der Waals surface area (Å²) in [6, 6.07) is 14.7. The van der Waals surface area contributed by atoms with Crippen molar-refractivity contribution in [1.29, 1.82) is 0 Å². The summed E-state index contributed by atoms with van der Waals surface area (Å²) in [5.74, 6) is -0.0443. The minimum atomic E-state index is -0.303. The Bertz CT molecular complexity index is 729. The molecule has 0 heterocycles. The maximum atomic E-state index is 12.1. The predicted molar refractivity (Wildman–Crippen MR) is 102 cm³/mol. The van der Waals surface area contributed by atoms with Gasteiger partial charge < -0.3 is 16.0 Å². The average Bonchev–Trinajstić information content (AvgIpc) is 2.56. The second kappa shape index (κ2) is 7.83. The highest BCUT2D eigenvalue weighted by Gasteiger charge is 2.13. The van der Waals surface area contributed by atoms with Crippen LogP contribution in [-0.2, 0) is 16.6 Å². The van der Waals surface area contributed by atoms with E-state index in [-0.39, 0.29) is 17.4 Å². The maximum Gasteiger partial charge on any atom is 0.323 e. The Hall–Kier alpha value is -2.82. The molecule has 0 spiro atoms. The number of nitrogens with one attached hydrogen (secondary N) is 3. The van der Waals surface area contributed by atoms with E-state index >= 15 is 0 Å². The molecule has 2 rings (SSSR count). The van der Waals surface area contributed by atoms with Crippen LogP contribution in [0, 0.1) is 0 Å². The smallest absolute Gasteiger partial charge is 0.323 e. The van der Waals surface area contributed by atoms with Gasteiger partial charge in [-0.2, -0.15) is 0 Å². The molecule has 2 aromatic carbocycles. The van der Waals surface area contributed by atoms with Crippen LogP contribution < -0.4 is 16.0 Å². The fourth-order valence-electron chi connectivity index (χ4n) is 2.33. The molecule has 0 unspecified atom stereocenters. The predicted octanol–water partition coefficient (Wildman–Crippen LogP) is 3.92. The summed E-state index contributed by atoms with van der Waals surface area (Å²) >= 11 is 0. The Morgan fingerprint density at radius 2 is 1.32 bits per heavy atom. The number of rotatable bonds is 4. The average molecular weight is 339 g/mol. The summed E-state index contributed by atoms with van der Waals surface area (Å²) in [7, 11) is 1.61. The molecule has 5 nitrogen and oxygen atoms in total. The van der Waals surface area contributed by atoms with Crippen LogP contribution in [0.25, 0.3) is 0 Å². The summed E-state index contributed by atoms with van der Waals surface area (Å²) < 4.78 is 0. The maximum absolute atomic E-state index is 12.1. The Kier molecular flexibility index (Phi) is 5.80. The molecule has 3 amide bonds. The highest BCUT2D eigenvalue weighted by atomic mass is 16.2. The molecule has 0 radical (unpaired) electrons. The lowest BCUT2D eigenvalue weighted by Gasteiger charge is -2.19. The zero-order chi connectivity index (χ0) is 18.4. The van der Waals surface area contributed by atoms with E-state index in [0.717, 1.165) is 11.3 Å². The second-order valence-corrected chi connectivity index (χ2v) is 6.95. The van der Waals surface area contributed by atoms with Crippen LogP contribution in [0.2, 0.25) is 0 Å². The number of carbonyl (C=O) groups excluding carboxylic acids is 2. The number of urea groups is 1. The molecule has 5 heteroatoms. The van der Waals surface area contributed by atoms with E-state index < -0.39 is 0 Å². The Balaban J connectivity index is 1.92. The van der Waals surface area contributed by atoms with Crippen LogP contribution in [0.5, 0.6) is 0 Å². The highest BCUT2D eigenvalue weighted by molar-refractivity contribution is 5.99. The lowest BCUT2D eigenvalue weighted by Crippen LogP contribution is -2.20. The van der Waals surface area contributed by atoms with Gasteiger partial charge in [-0.3, -0.25) is 4.79 Å². The van der Waals surface area contributed by atoms with Gasteiger partial charge in [-0.25, -0.2) is 4.79 Å². The first-order valence-electron chi connectivity index (χ1n) is 8.26. The Labute approximate surface area is 148 Å². The summed E-state index contributed by atoms with van der Waals surface area (Å²) in [5, 5.41) is 8.17. The van der Waals surface area contributed by atoms with Crippen LogP contribution in [0.3, 0.4) is 0 Å². The molecule has 3 N–H and O–H groups in total. The molecule has 0 fully saturated rings. The van der Waals surface area contributed by atoms with Crippen molar-refractivity contribution < 1.29 is 9.59 Å². The molecule has 132 valence electrons. The van der Waals surface area contributed by atoms with Gasteiger partial charge in [-0.1, -0.05) is 45.0 Å². The van der Waals surface area contributed by atoms with Gasteiger partial charge in [0.15, 0.2) is 0 Å². The lowest BCUT2D eigenvalue weighted by atomic mass is 9.87. The number of benzene rings is 2. The van der Waals surface area contributed by atoms with Crippen molar-refractivity contribution in [2.45, 2.75) is 32.6 Å². The van der Waals surface area contributed by atoms with Crippen LogP contribution in [0.15, 0.2) is 48.5 Å². The quantitative estimate of drug-likeness (QED) is 0.790. The monoisotopic (exact) mass is 339 g/mol. The van der Waals surface area contributed by atoms with Gasteiger partial charge in [0, 0.05) is 18.4 Å². The van der Waals surface area contributed by atoms with E-state index in [1.807, 2.05) is 36.4 Å². The first kappa shape index (κ1) is 18.5. The standard InChI is InChI=1S/C20H25N3O2/c1-20(2,3)15-7-11-17(12-8-15)23-19(25)22-16-9-5-14(6-10-16)13-18(24)21-4/h5-12H,13H2,1-4H3,(H,21,24)(H2,22,23,25). The van der Waals surface area contributed by atoms with Crippen LogP contribution in [0.1, 0.15) is 31.9 Å². The summed E-state index contributed by atoms with van der Waals surface area (Å²) in [6.07, 6.45) is 0.323. The van der Waals surface area contributed by atoms with Crippen molar-refractivity contribution in [3.63, 3.8) is 0 Å². The molecule has 25 heavy (non-hydrogen) atoms. The van der Waals surface area contributed by atoms with Crippen LogP contribution >= 0.6 is 0 Å². The number of anilines is 2. The molecule has 0 saturated heterocycles. The molecule has 0 aliphatic carbocycles. The fourth-order valence-corrected chi connectivity index (χ4v) is 2.33. The molecule has 2 aromatic rings. The van der Waals surface area contributed by atoms with Gasteiger partial charge >= 0.3 is 6.03 Å². The van der Waals surface area contributed by atoms with E-state index in [0.29, 0.717) is 12.1 Å². The molecule has 0 saturated carbocycles. The summed E-state index contributed by atoms with van der Waals surface area (Å²) in [6.45, 7) is 6.45. The van der Waals surface area contributed by atoms with Crippen molar-refractivity contribution in [3.8, 4) is 0 Å². The summed E-state index contributed by atoms with van der Waals surface area (Å²) in [4.78, 5) is 23.4. The van der Waals surface area contributed by atoms with Gasteiger partial charge in [0.2, 0.25) is 5.91 Å². The Morgan fingerprint density at radius 3 is 1.76 bits per heavy atom. The van der Waals surface area contributed by atoms with Crippen LogP contribution in [-0.4, -0.2) is 19.0 Å². The van der Waals surface area contributed by atoms with Crippen LogP contribution in [0.4, 0.5) is 16.2 Å². The molecular weight excluding hydrogens is 314 g/mol. The van der Waals surface area contributed by atoms with Crippen molar-refractivity contribution in [3.05, 3.63) is 59.7 Å². The number of carbonyl (C=O) groups is 2. The SMILES string of the molecule is CNC(=O)Cc1ccc(NC(=O)Nc2ccc(C(C)(C)C)cc2)cc1. The van der Waals surface area contributed by atoms with Gasteiger partial charge in [-0.15, -0.1) is 0 Å². The molecular formula is C20H25N3O2. The van der Waals surface area contributed by atoms with Crippen molar-refractivity contribution in [1.82, 2.24) is 5.32 Å². The molecule has 0 bridgehead atoms. The third-order valence-electron chi connectivity index (χ3n) is 3.86. The molecule has 0 atom stereocenters. The third kappa shape index (κ3) is 5.64. The van der Waals surface area contributed by atoms with E-state index in [4.69, 9.17) is 0 Å². The summed E-state index contributed by atoms with van der Waals surface area (Å²) in [5.41, 5.74) is 3.59. The van der Waals surface area contributed by atoms with E-state index in [1.165, 1.54) is 5.56 Å². The van der Waals surface area contributed by atoms with Crippen molar-refractivity contribution >= 4 is 23.3 Å².